The van der Waals surface area contributed by atoms with Crippen LogP contribution in [0.2, 0.25) is 0 Å². The zero-order valence-electron chi connectivity index (χ0n) is 5.76. The van der Waals surface area contributed by atoms with Gasteiger partial charge < -0.3 is 5.73 Å². The molecule has 0 aliphatic heterocycles. The van der Waals surface area contributed by atoms with Gasteiger partial charge in [0.1, 0.15) is 0 Å². The molecule has 0 spiro atoms. The number of nitrogens with zero attached hydrogens (tertiary/aromatic N) is 1. The summed E-state index contributed by atoms with van der Waals surface area (Å²) >= 11 is 0. The second-order valence-corrected chi connectivity index (χ2v) is 2.27. The van der Waals surface area contributed by atoms with Crippen LogP contribution in [0.5, 0.6) is 0 Å². The average molecular weight is 117 g/mol. The van der Waals surface area contributed by atoms with Gasteiger partial charge in [-0.3, -0.25) is 5.84 Å². The van der Waals surface area contributed by atoms with Crippen LogP contribution in [-0.2, 0) is 0 Å². The highest BCUT2D eigenvalue weighted by Gasteiger charge is 2.08. The Kier molecular flexibility index (Phi) is 2.97. The van der Waals surface area contributed by atoms with E-state index in [4.69, 9.17) is 11.6 Å². The van der Waals surface area contributed by atoms with Gasteiger partial charge in [-0.1, -0.05) is 0 Å². The smallest absolute Gasteiger partial charge is 0.0358 e. The maximum atomic E-state index is 5.52. The lowest BCUT2D eigenvalue weighted by Crippen LogP contribution is -2.45. The molecule has 0 aromatic rings. The summed E-state index contributed by atoms with van der Waals surface area (Å²) in [5, 5.41) is 1.62. The highest BCUT2D eigenvalue weighted by atomic mass is 15.4. The number of hydrazine groups is 1. The highest BCUT2D eigenvalue weighted by Crippen LogP contribution is 1.91. The Labute approximate surface area is 50.6 Å². The molecule has 8 heavy (non-hydrogen) atoms. The summed E-state index contributed by atoms with van der Waals surface area (Å²) in [6, 6.07) is 0.403. The largest absolute Gasteiger partial charge is 0.326 e. The molecule has 3 heteroatoms. The van der Waals surface area contributed by atoms with E-state index in [1.165, 1.54) is 0 Å². The first-order valence-electron chi connectivity index (χ1n) is 2.78. The Morgan fingerprint density at radius 3 is 1.75 bits per heavy atom. The number of rotatable bonds is 2. The Hall–Kier alpha value is -0.120. The van der Waals surface area contributed by atoms with E-state index < -0.39 is 0 Å². The van der Waals surface area contributed by atoms with Crippen LogP contribution in [0.4, 0.5) is 0 Å². The molecule has 4 N–H and O–H groups in total. The second-order valence-electron chi connectivity index (χ2n) is 2.27. The summed E-state index contributed by atoms with van der Waals surface area (Å²) in [7, 11) is 1.81. The lowest BCUT2D eigenvalue weighted by molar-refractivity contribution is 0.239. The van der Waals surface area contributed by atoms with Crippen LogP contribution < -0.4 is 11.6 Å². The van der Waals surface area contributed by atoms with Gasteiger partial charge in [-0.15, -0.1) is 0 Å². The summed E-state index contributed by atoms with van der Waals surface area (Å²) in [4.78, 5) is 0. The normalized spacial score (nSPS) is 18.8. The SMILES string of the molecule is CC(N)C(C)N(C)N. The third kappa shape index (κ3) is 2.26. The van der Waals surface area contributed by atoms with Crippen molar-refractivity contribution in [3.63, 3.8) is 0 Å². The van der Waals surface area contributed by atoms with Gasteiger partial charge in [-0.2, -0.15) is 0 Å². The third-order valence-corrected chi connectivity index (χ3v) is 1.40. The molecule has 0 aliphatic carbocycles. The van der Waals surface area contributed by atoms with Gasteiger partial charge in [-0.05, 0) is 13.8 Å². The van der Waals surface area contributed by atoms with Gasteiger partial charge in [0.15, 0.2) is 0 Å². The van der Waals surface area contributed by atoms with E-state index in [1.54, 1.807) is 5.01 Å². The minimum atomic E-state index is 0.144. The van der Waals surface area contributed by atoms with Crippen LogP contribution in [-0.4, -0.2) is 24.1 Å². The van der Waals surface area contributed by atoms with Gasteiger partial charge in [0, 0.05) is 19.1 Å². The van der Waals surface area contributed by atoms with Crippen LogP contribution in [0.3, 0.4) is 0 Å². The first kappa shape index (κ1) is 7.88. The molecule has 2 unspecified atom stereocenters. The maximum absolute atomic E-state index is 5.52. The molecule has 50 valence electrons. The summed E-state index contributed by atoms with van der Waals surface area (Å²) in [5.74, 6) is 5.39. The highest BCUT2D eigenvalue weighted by molar-refractivity contribution is 4.67. The van der Waals surface area contributed by atoms with Crippen LogP contribution in [0.1, 0.15) is 13.8 Å². The lowest BCUT2D eigenvalue weighted by Gasteiger charge is -2.22. The fourth-order valence-electron chi connectivity index (χ4n) is 0.371. The lowest BCUT2D eigenvalue weighted by atomic mass is 10.2. The van der Waals surface area contributed by atoms with Crippen molar-refractivity contribution in [1.29, 1.82) is 0 Å². The fraction of sp³-hybridized carbons (Fsp3) is 1.00. The summed E-state index contributed by atoms with van der Waals surface area (Å²) in [6.07, 6.45) is 0. The Balaban J connectivity index is 3.46. The van der Waals surface area contributed by atoms with Gasteiger partial charge in [0.05, 0.1) is 0 Å². The van der Waals surface area contributed by atoms with Crippen molar-refractivity contribution < 1.29 is 0 Å². The molecule has 0 amide bonds. The predicted octanol–water partition coefficient (Wildman–Crippen LogP) is -0.472. The van der Waals surface area contributed by atoms with Crippen molar-refractivity contribution in [2.45, 2.75) is 25.9 Å². The number of nitrogens with two attached hydrogens (primary N) is 2. The molecule has 0 heterocycles. The zero-order chi connectivity index (χ0) is 6.73. The van der Waals surface area contributed by atoms with E-state index in [1.807, 2.05) is 20.9 Å². The molecule has 2 atom stereocenters. The van der Waals surface area contributed by atoms with E-state index in [0.717, 1.165) is 0 Å². The van der Waals surface area contributed by atoms with E-state index in [9.17, 15) is 0 Å². The fourth-order valence-corrected chi connectivity index (χ4v) is 0.371. The van der Waals surface area contributed by atoms with E-state index in [0.29, 0.717) is 0 Å². The molecule has 0 aliphatic rings. The molecule has 0 fully saturated rings. The number of hydrogen-bond donors (Lipinski definition) is 2. The molecular weight excluding hydrogens is 102 g/mol. The molecule has 0 rings (SSSR count). The monoisotopic (exact) mass is 117 g/mol. The van der Waals surface area contributed by atoms with E-state index in [2.05, 4.69) is 0 Å². The predicted molar refractivity (Wildman–Crippen MR) is 35.1 cm³/mol. The minimum absolute atomic E-state index is 0.144. The summed E-state index contributed by atoms with van der Waals surface area (Å²) in [5.41, 5.74) is 5.52. The molecule has 0 radical (unpaired) electrons. The quantitative estimate of drug-likeness (QED) is 0.379. The van der Waals surface area contributed by atoms with Gasteiger partial charge >= 0.3 is 0 Å². The maximum Gasteiger partial charge on any atom is 0.0358 e. The number of likely N-dealkylation sites (N-methyl/N-ethyl adjacent to an activating group) is 1. The first-order chi connectivity index (χ1) is 3.55. The van der Waals surface area contributed by atoms with Crippen LogP contribution >= 0.6 is 0 Å². The van der Waals surface area contributed by atoms with Gasteiger partial charge in [-0.25, -0.2) is 5.01 Å². The summed E-state index contributed by atoms with van der Waals surface area (Å²) in [6.45, 7) is 3.93. The van der Waals surface area contributed by atoms with Crippen molar-refractivity contribution in [3.05, 3.63) is 0 Å². The van der Waals surface area contributed by atoms with Gasteiger partial charge in [0.25, 0.3) is 0 Å². The standard InChI is InChI=1S/C5H15N3/c1-4(6)5(2)8(3)7/h4-5H,6-7H2,1-3H3. The zero-order valence-corrected chi connectivity index (χ0v) is 5.76. The molecule has 0 saturated carbocycles. The first-order valence-corrected chi connectivity index (χ1v) is 2.78. The van der Waals surface area contributed by atoms with Crippen LogP contribution in [0.25, 0.3) is 0 Å². The van der Waals surface area contributed by atoms with Crippen molar-refractivity contribution >= 4 is 0 Å². The van der Waals surface area contributed by atoms with Crippen molar-refractivity contribution in [2.24, 2.45) is 11.6 Å². The van der Waals surface area contributed by atoms with Crippen molar-refractivity contribution in [1.82, 2.24) is 5.01 Å². The molecule has 3 nitrogen and oxygen atoms in total. The molecule has 0 bridgehead atoms. The van der Waals surface area contributed by atoms with Crippen molar-refractivity contribution in [3.8, 4) is 0 Å². The molecular formula is C5H15N3. The molecule has 0 aromatic carbocycles. The van der Waals surface area contributed by atoms with E-state index >= 15 is 0 Å². The van der Waals surface area contributed by atoms with Crippen LogP contribution in [0, 0.1) is 0 Å². The summed E-state index contributed by atoms with van der Waals surface area (Å²) < 4.78 is 0. The Bertz CT molecular complexity index is 52.7. The van der Waals surface area contributed by atoms with Crippen LogP contribution in [0.15, 0.2) is 0 Å². The Morgan fingerprint density at radius 2 is 1.75 bits per heavy atom. The Morgan fingerprint density at radius 1 is 1.38 bits per heavy atom. The second kappa shape index (κ2) is 3.02. The van der Waals surface area contributed by atoms with Gasteiger partial charge in [0.2, 0.25) is 0 Å². The van der Waals surface area contributed by atoms with Crippen molar-refractivity contribution in [2.75, 3.05) is 7.05 Å². The minimum Gasteiger partial charge on any atom is -0.326 e. The number of hydrogen-bond acceptors (Lipinski definition) is 3. The van der Waals surface area contributed by atoms with E-state index in [-0.39, 0.29) is 12.1 Å². The molecule has 0 saturated heterocycles. The molecule has 0 aromatic heterocycles. The average Bonchev–Trinajstić information content (AvgIpc) is 1.64. The topological polar surface area (TPSA) is 55.3 Å². The third-order valence-electron chi connectivity index (χ3n) is 1.40.